The number of aliphatic hydroxyl groups excluding tert-OH is 1. The Balaban J connectivity index is 1.73. The number of carbonyl (C=O) groups is 4. The highest BCUT2D eigenvalue weighted by Gasteiger charge is 2.71. The van der Waals surface area contributed by atoms with Crippen LogP contribution in [0.15, 0.2) is 11.6 Å². The third-order valence-corrected chi connectivity index (χ3v) is 10.2. The van der Waals surface area contributed by atoms with E-state index in [1.54, 1.807) is 6.92 Å². The minimum Gasteiger partial charge on any atom is -0.457 e. The summed E-state index contributed by atoms with van der Waals surface area (Å²) in [5, 5.41) is 11.7. The van der Waals surface area contributed by atoms with E-state index >= 15 is 0 Å². The van der Waals surface area contributed by atoms with E-state index in [1.165, 1.54) is 0 Å². The lowest BCUT2D eigenvalue weighted by atomic mass is 9.44. The van der Waals surface area contributed by atoms with E-state index < -0.39 is 35.7 Å². The van der Waals surface area contributed by atoms with Gasteiger partial charge in [-0.15, -0.1) is 0 Å². The van der Waals surface area contributed by atoms with Crippen LogP contribution in [0.4, 0.5) is 0 Å². The summed E-state index contributed by atoms with van der Waals surface area (Å²) in [6.45, 7) is 9.48. The highest BCUT2D eigenvalue weighted by molar-refractivity contribution is 5.93. The molecule has 0 amide bonds. The molecule has 0 radical (unpaired) electrons. The van der Waals surface area contributed by atoms with Crippen molar-refractivity contribution in [2.45, 2.75) is 104 Å². The van der Waals surface area contributed by atoms with Crippen molar-refractivity contribution in [2.24, 2.45) is 34.5 Å². The van der Waals surface area contributed by atoms with Gasteiger partial charge in [-0.1, -0.05) is 40.2 Å². The summed E-state index contributed by atoms with van der Waals surface area (Å²) in [7, 11) is 0. The van der Waals surface area contributed by atoms with Gasteiger partial charge in [-0.2, -0.15) is 0 Å². The van der Waals surface area contributed by atoms with Gasteiger partial charge in [0, 0.05) is 24.7 Å². The Morgan fingerprint density at radius 2 is 1.86 bits per heavy atom. The smallest absolute Gasteiger partial charge is 0.306 e. The number of Topliss-reactive ketones (excluding diaryl/α,β-unsaturated/α-hetero) is 1. The molecule has 7 heteroatoms. The average Bonchev–Trinajstić information content (AvgIpc) is 3.10. The topological polar surface area (TPSA) is 107 Å². The first-order valence-electron chi connectivity index (χ1n) is 13.8. The Morgan fingerprint density at radius 3 is 2.53 bits per heavy atom. The Bertz CT molecular complexity index is 969. The van der Waals surface area contributed by atoms with Crippen molar-refractivity contribution >= 4 is 23.5 Å². The van der Waals surface area contributed by atoms with Gasteiger partial charge in [0.05, 0.1) is 6.10 Å². The third-order valence-electron chi connectivity index (χ3n) is 10.2. The van der Waals surface area contributed by atoms with Gasteiger partial charge < -0.3 is 14.6 Å². The Kier molecular flexibility index (Phi) is 7.28. The van der Waals surface area contributed by atoms with E-state index in [1.807, 2.05) is 19.9 Å². The normalized spacial score (nSPS) is 41.4. The predicted molar refractivity (Wildman–Crippen MR) is 133 cm³/mol. The molecule has 4 aliphatic rings. The zero-order valence-electron chi connectivity index (χ0n) is 22.4. The molecule has 8 atom stereocenters. The van der Waals surface area contributed by atoms with Crippen LogP contribution in [0.5, 0.6) is 0 Å². The fraction of sp³-hybridized carbons (Fsp3) is 0.793. The second kappa shape index (κ2) is 9.70. The number of hydrogen-bond donors (Lipinski definition) is 1. The van der Waals surface area contributed by atoms with E-state index in [2.05, 4.69) is 13.8 Å². The molecule has 0 bridgehead atoms. The molecule has 0 aliphatic heterocycles. The second-order valence-corrected chi connectivity index (χ2v) is 12.1. The Hall–Kier alpha value is -2.02. The molecule has 0 unspecified atom stereocenters. The van der Waals surface area contributed by atoms with Crippen LogP contribution in [0.1, 0.15) is 92.4 Å². The molecule has 0 heterocycles. The molecule has 3 fully saturated rings. The number of hydrogen-bond acceptors (Lipinski definition) is 7. The number of allylic oxidation sites excluding steroid dienone is 1. The zero-order chi connectivity index (χ0) is 26.5. The van der Waals surface area contributed by atoms with Crippen molar-refractivity contribution < 1.29 is 33.8 Å². The number of ketones is 2. The molecule has 36 heavy (non-hydrogen) atoms. The van der Waals surface area contributed by atoms with Crippen LogP contribution in [0.25, 0.3) is 0 Å². The fourth-order valence-corrected chi connectivity index (χ4v) is 8.60. The molecular formula is C29H42O7. The zero-order valence-corrected chi connectivity index (χ0v) is 22.4. The largest absolute Gasteiger partial charge is 0.457 e. The molecule has 200 valence electrons. The molecular weight excluding hydrogens is 460 g/mol. The minimum atomic E-state index is -1.42. The molecule has 4 rings (SSSR count). The molecule has 1 N–H and O–H groups in total. The van der Waals surface area contributed by atoms with Crippen molar-refractivity contribution in [1.82, 2.24) is 0 Å². The van der Waals surface area contributed by atoms with Gasteiger partial charge in [-0.3, -0.25) is 19.2 Å². The predicted octanol–water partition coefficient (Wildman–Crippen LogP) is 4.34. The summed E-state index contributed by atoms with van der Waals surface area (Å²) in [6, 6.07) is 0. The van der Waals surface area contributed by atoms with Crippen LogP contribution < -0.4 is 0 Å². The van der Waals surface area contributed by atoms with Crippen LogP contribution in [0, 0.1) is 34.5 Å². The maximum Gasteiger partial charge on any atom is 0.306 e. The molecule has 0 saturated heterocycles. The molecule has 7 nitrogen and oxygen atoms in total. The van der Waals surface area contributed by atoms with Gasteiger partial charge in [-0.05, 0) is 73.7 Å². The molecule has 0 aromatic rings. The van der Waals surface area contributed by atoms with E-state index in [-0.39, 0.29) is 53.5 Å². The van der Waals surface area contributed by atoms with Gasteiger partial charge in [0.25, 0.3) is 0 Å². The van der Waals surface area contributed by atoms with Crippen molar-refractivity contribution in [3.63, 3.8) is 0 Å². The van der Waals surface area contributed by atoms with Crippen LogP contribution >= 0.6 is 0 Å². The van der Waals surface area contributed by atoms with Gasteiger partial charge in [0.1, 0.15) is 0 Å². The van der Waals surface area contributed by atoms with Gasteiger partial charge in [0.2, 0.25) is 5.78 Å². The van der Waals surface area contributed by atoms with Gasteiger partial charge in [-0.25, -0.2) is 0 Å². The molecule has 3 saturated carbocycles. The Morgan fingerprint density at radius 1 is 1.14 bits per heavy atom. The molecule has 4 aliphatic carbocycles. The molecule has 0 aromatic carbocycles. The molecule has 0 aromatic heterocycles. The summed E-state index contributed by atoms with van der Waals surface area (Å²) in [5.41, 5.74) is -1.30. The lowest BCUT2D eigenvalue weighted by Gasteiger charge is -2.62. The number of fused-ring (bicyclic) bond motifs is 5. The number of carbonyl (C=O) groups excluding carboxylic acids is 4. The van der Waals surface area contributed by atoms with E-state index in [4.69, 9.17) is 9.47 Å². The lowest BCUT2D eigenvalue weighted by Crippen LogP contribution is -2.63. The molecule has 0 spiro atoms. The quantitative estimate of drug-likeness (QED) is 0.516. The van der Waals surface area contributed by atoms with E-state index in [9.17, 15) is 24.3 Å². The highest BCUT2D eigenvalue weighted by Crippen LogP contribution is 2.69. The van der Waals surface area contributed by atoms with E-state index in [0.717, 1.165) is 18.4 Å². The van der Waals surface area contributed by atoms with Crippen molar-refractivity contribution in [3.8, 4) is 0 Å². The average molecular weight is 503 g/mol. The Labute approximate surface area is 214 Å². The van der Waals surface area contributed by atoms with Crippen LogP contribution in [0.3, 0.4) is 0 Å². The van der Waals surface area contributed by atoms with Crippen molar-refractivity contribution in [1.29, 1.82) is 0 Å². The maximum atomic E-state index is 13.8. The fourth-order valence-electron chi connectivity index (χ4n) is 8.60. The lowest BCUT2D eigenvalue weighted by molar-refractivity contribution is -0.204. The van der Waals surface area contributed by atoms with Crippen LogP contribution in [-0.2, 0) is 28.7 Å². The number of rotatable bonds is 7. The van der Waals surface area contributed by atoms with Crippen LogP contribution in [0.2, 0.25) is 0 Å². The summed E-state index contributed by atoms with van der Waals surface area (Å²) < 4.78 is 11.3. The maximum absolute atomic E-state index is 13.8. The second-order valence-electron chi connectivity index (χ2n) is 12.1. The van der Waals surface area contributed by atoms with Gasteiger partial charge >= 0.3 is 11.9 Å². The first kappa shape index (κ1) is 27.0. The minimum absolute atomic E-state index is 0.0127. The standard InChI is InChI=1S/C29H42O7/c1-6-8-25(34)36-29(23(32)16-35-24(33)7-2)12-10-20-19-13-17(3)21-14-18(30)9-11-27(21,4)26(19)22(31)15-28(20,29)5/h14,17,19-20,22,26,31H,6-13,15-16H2,1-5H3/t17-,19-,20-,22-,26+,27-,28-,29-/m0/s1. The number of aliphatic hydroxyl groups is 1. The number of ether oxygens (including phenoxy) is 2. The van der Waals surface area contributed by atoms with E-state index in [0.29, 0.717) is 32.1 Å². The SMILES string of the molecule is CCCC(=O)O[C@]1(C(=O)COC(=O)CC)CC[C@H]2[C@@H]3C[C@H](C)C4=CC(=O)CC[C@]4(C)[C@H]3[C@@H](O)C[C@@]21C. The van der Waals surface area contributed by atoms with Crippen LogP contribution in [-0.4, -0.2) is 46.9 Å². The summed E-state index contributed by atoms with van der Waals surface area (Å²) >= 11 is 0. The monoisotopic (exact) mass is 502 g/mol. The highest BCUT2D eigenvalue weighted by atomic mass is 16.6. The summed E-state index contributed by atoms with van der Waals surface area (Å²) in [4.78, 5) is 50.7. The van der Waals surface area contributed by atoms with Crippen molar-refractivity contribution in [3.05, 3.63) is 11.6 Å². The summed E-state index contributed by atoms with van der Waals surface area (Å²) in [6.07, 6.45) is 5.55. The number of esters is 2. The van der Waals surface area contributed by atoms with Gasteiger partial charge in [0.15, 0.2) is 18.0 Å². The first-order valence-corrected chi connectivity index (χ1v) is 13.8. The van der Waals surface area contributed by atoms with Crippen molar-refractivity contribution in [2.75, 3.05) is 6.61 Å². The third kappa shape index (κ3) is 4.06. The first-order chi connectivity index (χ1) is 16.9. The summed E-state index contributed by atoms with van der Waals surface area (Å²) in [5.74, 6) is -0.712.